The van der Waals surface area contributed by atoms with Gasteiger partial charge in [-0.15, -0.1) is 12.4 Å². The van der Waals surface area contributed by atoms with Crippen LogP contribution in [0.4, 0.5) is 0 Å². The van der Waals surface area contributed by atoms with Gasteiger partial charge < -0.3 is 25.6 Å². The minimum Gasteiger partial charge on any atom is -0.480 e. The number of aromatic nitrogens is 4. The molecule has 0 fully saturated rings. The molecule has 0 spiro atoms. The predicted molar refractivity (Wildman–Crippen MR) is 270 cm³/mol. The number of methoxy groups -OCH3 is 2. The Morgan fingerprint density at radius 3 is 1.57 bits per heavy atom. The smallest absolute Gasteiger partial charge is 0.326 e. The summed E-state index contributed by atoms with van der Waals surface area (Å²) in [6, 6.07) is 26.4. The van der Waals surface area contributed by atoms with Crippen molar-refractivity contribution in [3.63, 3.8) is 0 Å². The van der Waals surface area contributed by atoms with Crippen molar-refractivity contribution in [3.05, 3.63) is 150 Å². The maximum absolute atomic E-state index is 13.4. The van der Waals surface area contributed by atoms with Gasteiger partial charge in [-0.3, -0.25) is 33.1 Å². The van der Waals surface area contributed by atoms with Gasteiger partial charge in [0.25, 0.3) is 11.1 Å². The number of benzene rings is 4. The zero-order chi connectivity index (χ0) is 47.8. The van der Waals surface area contributed by atoms with E-state index in [9.17, 15) is 33.9 Å². The van der Waals surface area contributed by atoms with Crippen molar-refractivity contribution >= 4 is 89.9 Å². The van der Waals surface area contributed by atoms with Crippen molar-refractivity contribution in [2.24, 2.45) is 17.6 Å². The van der Waals surface area contributed by atoms with E-state index in [-0.39, 0.29) is 73.5 Å². The van der Waals surface area contributed by atoms with E-state index in [0.29, 0.717) is 34.6 Å². The van der Waals surface area contributed by atoms with Crippen LogP contribution in [0.1, 0.15) is 96.1 Å². The number of halogens is 3. The lowest BCUT2D eigenvalue weighted by atomic mass is 10.00. The molecule has 15 nitrogen and oxygen atoms in total. The number of rotatable bonds is 15. The Hall–Kier alpha value is -5.75. The highest BCUT2D eigenvalue weighted by Crippen LogP contribution is 2.25. The first-order chi connectivity index (χ1) is 30.9. The SMILES string of the molecule is C.CC(C)C[C@@H](C(=O)O)n1cnc2ccccc2c1=O.COC(=O)C[C@H](N)c1cccc(Br)c1.COC(=O)C[C@H](NC(=O)[C@H](CC(C)C)n1cnc2ccccc2c1=O)c1cccc(Br)c1.Cl. The van der Waals surface area contributed by atoms with Gasteiger partial charge in [0.2, 0.25) is 5.91 Å². The van der Waals surface area contributed by atoms with Gasteiger partial charge in [-0.05, 0) is 84.3 Å². The van der Waals surface area contributed by atoms with Gasteiger partial charge in [-0.1, -0.05) is 116 Å². The van der Waals surface area contributed by atoms with Crippen molar-refractivity contribution in [1.82, 2.24) is 24.4 Å². The van der Waals surface area contributed by atoms with Gasteiger partial charge in [0.15, 0.2) is 0 Å². The highest BCUT2D eigenvalue weighted by molar-refractivity contribution is 9.10. The Balaban J connectivity index is 0.000000375. The summed E-state index contributed by atoms with van der Waals surface area (Å²) in [5.41, 5.74) is 8.07. The number of carboxylic acid groups (broad SMARTS) is 1. The Labute approximate surface area is 413 Å². The van der Waals surface area contributed by atoms with Crippen LogP contribution in [0.2, 0.25) is 0 Å². The molecule has 0 radical (unpaired) electrons. The zero-order valence-electron chi connectivity index (χ0n) is 37.4. The summed E-state index contributed by atoms with van der Waals surface area (Å²) in [7, 11) is 2.67. The molecule has 18 heteroatoms. The molecular weight excluding hydrogens is 1010 g/mol. The van der Waals surface area contributed by atoms with Crippen LogP contribution in [0.3, 0.4) is 0 Å². The van der Waals surface area contributed by atoms with E-state index in [1.54, 1.807) is 42.5 Å². The van der Waals surface area contributed by atoms with E-state index in [0.717, 1.165) is 20.1 Å². The maximum Gasteiger partial charge on any atom is 0.326 e. The Kier molecular flexibility index (Phi) is 23.8. The van der Waals surface area contributed by atoms with Crippen molar-refractivity contribution in [1.29, 1.82) is 0 Å². The fourth-order valence-corrected chi connectivity index (χ4v) is 7.63. The van der Waals surface area contributed by atoms with Gasteiger partial charge in [-0.25, -0.2) is 14.8 Å². The number of hydrogen-bond acceptors (Lipinski definition) is 11. The van der Waals surface area contributed by atoms with Crippen LogP contribution in [-0.4, -0.2) is 62.2 Å². The van der Waals surface area contributed by atoms with Crippen LogP contribution >= 0.6 is 44.3 Å². The molecule has 2 aromatic heterocycles. The molecule has 2 heterocycles. The highest BCUT2D eigenvalue weighted by Gasteiger charge is 2.28. The minimum atomic E-state index is -1.01. The molecule has 0 saturated heterocycles. The number of aliphatic carboxylic acids is 1. The molecule has 6 aromatic rings. The second-order valence-electron chi connectivity index (χ2n) is 15.9. The van der Waals surface area contributed by atoms with Gasteiger partial charge in [0.1, 0.15) is 12.1 Å². The van der Waals surface area contributed by atoms with Crippen LogP contribution in [0, 0.1) is 11.8 Å². The van der Waals surface area contributed by atoms with Crippen LogP contribution in [0.25, 0.3) is 21.8 Å². The van der Waals surface area contributed by atoms with Gasteiger partial charge in [0.05, 0.1) is 67.6 Å². The van der Waals surface area contributed by atoms with E-state index in [4.69, 9.17) is 10.5 Å². The van der Waals surface area contributed by atoms with E-state index < -0.39 is 30.1 Å². The monoisotopic (exact) mass is 1070 g/mol. The topological polar surface area (TPSA) is 215 Å². The summed E-state index contributed by atoms with van der Waals surface area (Å²) in [6.07, 6.45) is 3.76. The molecule has 0 aliphatic heterocycles. The number of esters is 2. The zero-order valence-corrected chi connectivity index (χ0v) is 41.4. The number of ether oxygens (including phenoxy) is 2. The molecule has 4 aromatic carbocycles. The first kappa shape index (κ1) is 57.4. The molecule has 360 valence electrons. The molecule has 0 aliphatic rings. The number of hydrogen-bond donors (Lipinski definition) is 3. The molecule has 4 N–H and O–H groups in total. The number of carbonyl (C=O) groups is 4. The molecule has 0 bridgehead atoms. The fraction of sp³-hybridized carbons (Fsp3) is 0.347. The summed E-state index contributed by atoms with van der Waals surface area (Å²) >= 11 is 6.77. The van der Waals surface area contributed by atoms with Crippen molar-refractivity contribution in [3.8, 4) is 0 Å². The molecule has 0 unspecified atom stereocenters. The number of nitrogens with zero attached hydrogens (tertiary/aromatic N) is 4. The van der Waals surface area contributed by atoms with Gasteiger partial charge in [-0.2, -0.15) is 0 Å². The van der Waals surface area contributed by atoms with E-state index in [1.807, 2.05) is 82.3 Å². The second-order valence-corrected chi connectivity index (χ2v) is 17.7. The summed E-state index contributed by atoms with van der Waals surface area (Å²) in [4.78, 5) is 81.8. The lowest BCUT2D eigenvalue weighted by molar-refractivity contribution is -0.142. The second kappa shape index (κ2) is 27.8. The van der Waals surface area contributed by atoms with Crippen LogP contribution in [-0.2, 0) is 28.7 Å². The number of carbonyl (C=O) groups excluding carboxylic acids is 3. The standard InChI is InChI=1S/C24H26BrN3O4.C14H16N2O3.C10H12BrNO2.CH4.ClH/c1-15(2)11-21(28-14-26-19-10-5-4-9-18(19)24(28)31)23(30)27-20(13-22(29)32-3)16-7-6-8-17(25)12-16;1-9(2)7-12(14(18)19)16-8-15-11-6-4-3-5-10(11)13(16)17;1-14-10(13)6-9(12)7-3-2-4-8(11)5-7;;/h4-10,12,14-15,20-21H,11,13H2,1-3H3,(H,27,30);3-6,8-9,12H,7H2,1-2H3,(H,18,19);2-5,9H,6,12H2,1H3;1H4;1H/t20-,21-;12-;9-;;/m000../s1. The van der Waals surface area contributed by atoms with E-state index in [1.165, 1.54) is 36.0 Å². The lowest BCUT2D eigenvalue weighted by Crippen LogP contribution is -2.40. The lowest BCUT2D eigenvalue weighted by Gasteiger charge is -2.25. The van der Waals surface area contributed by atoms with Crippen molar-refractivity contribution < 1.29 is 33.8 Å². The average molecular weight is 1070 g/mol. The van der Waals surface area contributed by atoms with Crippen LogP contribution in [0.5, 0.6) is 0 Å². The fourth-order valence-electron chi connectivity index (χ4n) is 6.79. The number of amides is 1. The van der Waals surface area contributed by atoms with E-state index >= 15 is 0 Å². The molecular formula is C49H59Br2ClN6O9. The highest BCUT2D eigenvalue weighted by atomic mass is 79.9. The average Bonchev–Trinajstić information content (AvgIpc) is 3.28. The Bertz CT molecular complexity index is 2710. The molecule has 1 amide bonds. The minimum absolute atomic E-state index is 0. The quantitative estimate of drug-likeness (QED) is 0.0821. The summed E-state index contributed by atoms with van der Waals surface area (Å²) in [6.45, 7) is 7.82. The number of para-hydroxylation sites is 2. The van der Waals surface area contributed by atoms with Crippen LogP contribution in [0.15, 0.2) is 128 Å². The number of fused-ring (bicyclic) bond motifs is 2. The molecule has 0 saturated carbocycles. The Morgan fingerprint density at radius 1 is 0.672 bits per heavy atom. The summed E-state index contributed by atoms with van der Waals surface area (Å²) in [5, 5.41) is 13.1. The number of carboxylic acids is 1. The van der Waals surface area contributed by atoms with Gasteiger partial charge in [0, 0.05) is 15.0 Å². The number of nitrogens with two attached hydrogens (primary N) is 1. The molecule has 67 heavy (non-hydrogen) atoms. The van der Waals surface area contributed by atoms with Crippen molar-refractivity contribution in [2.45, 2.75) is 85.0 Å². The molecule has 0 aliphatic carbocycles. The predicted octanol–water partition coefficient (Wildman–Crippen LogP) is 9.30. The largest absolute Gasteiger partial charge is 0.480 e. The van der Waals surface area contributed by atoms with Crippen LogP contribution < -0.4 is 22.2 Å². The third-order valence-corrected chi connectivity index (χ3v) is 11.1. The van der Waals surface area contributed by atoms with Crippen molar-refractivity contribution in [2.75, 3.05) is 14.2 Å². The number of nitrogens with one attached hydrogen (secondary N) is 1. The molecule has 6 rings (SSSR count). The normalized spacial score (nSPS) is 12.4. The summed E-state index contributed by atoms with van der Waals surface area (Å²) < 4.78 is 13.7. The first-order valence-corrected chi connectivity index (χ1v) is 22.4. The summed E-state index contributed by atoms with van der Waals surface area (Å²) in [5.74, 6) is -1.77. The third kappa shape index (κ3) is 16.8. The maximum atomic E-state index is 13.4. The first-order valence-electron chi connectivity index (χ1n) is 20.8. The third-order valence-electron chi connectivity index (χ3n) is 10.1. The molecule has 4 atom stereocenters. The van der Waals surface area contributed by atoms with Gasteiger partial charge >= 0.3 is 17.9 Å². The van der Waals surface area contributed by atoms with E-state index in [2.05, 4.69) is 51.9 Å². The Morgan fingerprint density at radius 2 is 1.10 bits per heavy atom.